The Bertz CT molecular complexity index is 829. The van der Waals surface area contributed by atoms with Crippen LogP contribution in [0.1, 0.15) is 25.8 Å². The summed E-state index contributed by atoms with van der Waals surface area (Å²) in [4.78, 5) is 7.04. The molecule has 1 aliphatic rings. The van der Waals surface area contributed by atoms with Crippen molar-refractivity contribution in [1.82, 2.24) is 10.6 Å². The van der Waals surface area contributed by atoms with E-state index in [2.05, 4.69) is 32.7 Å². The highest BCUT2D eigenvalue weighted by Crippen LogP contribution is 2.26. The van der Waals surface area contributed by atoms with Crippen molar-refractivity contribution in [3.05, 3.63) is 60.2 Å². The van der Waals surface area contributed by atoms with Gasteiger partial charge in [-0.1, -0.05) is 36.4 Å². The van der Waals surface area contributed by atoms with Crippen molar-refractivity contribution in [2.75, 3.05) is 44.7 Å². The molecule has 0 spiro atoms. The predicted molar refractivity (Wildman–Crippen MR) is 139 cm³/mol. The molecule has 2 aromatic rings. The van der Waals surface area contributed by atoms with E-state index in [9.17, 15) is 5.11 Å². The highest BCUT2D eigenvalue weighted by Gasteiger charge is 2.24. The van der Waals surface area contributed by atoms with Gasteiger partial charge in [-0.2, -0.15) is 0 Å². The SMILES string of the molecule is CCNC(=NCC(C)(O)c1ccccc1)NCC1CCN(c2cccc(OC)c2)C1.I. The third-order valence-electron chi connectivity index (χ3n) is 5.55. The van der Waals surface area contributed by atoms with Crippen LogP contribution in [0.2, 0.25) is 0 Å². The van der Waals surface area contributed by atoms with E-state index in [1.165, 1.54) is 5.69 Å². The number of hydrogen-bond donors (Lipinski definition) is 3. The van der Waals surface area contributed by atoms with Gasteiger partial charge in [-0.15, -0.1) is 24.0 Å². The number of aliphatic imine (C=N–C) groups is 1. The Kier molecular flexibility index (Phi) is 9.90. The highest BCUT2D eigenvalue weighted by atomic mass is 127. The fourth-order valence-corrected chi connectivity index (χ4v) is 3.75. The number of benzene rings is 2. The van der Waals surface area contributed by atoms with Gasteiger partial charge < -0.3 is 25.4 Å². The highest BCUT2D eigenvalue weighted by molar-refractivity contribution is 14.0. The summed E-state index contributed by atoms with van der Waals surface area (Å²) in [5.41, 5.74) is 1.07. The number of hydrogen-bond acceptors (Lipinski definition) is 4. The van der Waals surface area contributed by atoms with Crippen LogP contribution < -0.4 is 20.3 Å². The molecule has 2 aromatic carbocycles. The van der Waals surface area contributed by atoms with Crippen LogP contribution in [0.3, 0.4) is 0 Å². The number of nitrogens with zero attached hydrogens (tertiary/aromatic N) is 2. The molecule has 1 aliphatic heterocycles. The van der Waals surface area contributed by atoms with Crippen LogP contribution in [0, 0.1) is 5.92 Å². The molecule has 6 nitrogen and oxygen atoms in total. The van der Waals surface area contributed by atoms with E-state index in [1.807, 2.05) is 49.4 Å². The van der Waals surface area contributed by atoms with Crippen LogP contribution in [-0.2, 0) is 5.60 Å². The van der Waals surface area contributed by atoms with E-state index >= 15 is 0 Å². The molecule has 1 fully saturated rings. The average molecular weight is 538 g/mol. The first-order valence-electron chi connectivity index (χ1n) is 10.7. The second kappa shape index (κ2) is 12.1. The Labute approximate surface area is 203 Å². The Morgan fingerprint density at radius 2 is 1.97 bits per heavy atom. The Morgan fingerprint density at radius 3 is 2.68 bits per heavy atom. The molecule has 0 amide bonds. The molecule has 7 heteroatoms. The summed E-state index contributed by atoms with van der Waals surface area (Å²) in [5.74, 6) is 2.17. The standard InChI is InChI=1S/C24H34N4O2.HI/c1-4-25-23(27-18-24(2,29)20-9-6-5-7-10-20)26-16-19-13-14-28(17-19)21-11-8-12-22(15-21)30-3;/h5-12,15,19,29H,4,13-14,16-18H2,1-3H3,(H2,25,26,27);1H. The second-order valence-electron chi connectivity index (χ2n) is 8.02. The molecule has 1 heterocycles. The average Bonchev–Trinajstić information content (AvgIpc) is 3.25. The summed E-state index contributed by atoms with van der Waals surface area (Å²) in [6.07, 6.45) is 1.13. The molecule has 0 aromatic heterocycles. The van der Waals surface area contributed by atoms with Crippen molar-refractivity contribution in [3.63, 3.8) is 0 Å². The van der Waals surface area contributed by atoms with E-state index in [-0.39, 0.29) is 24.0 Å². The van der Waals surface area contributed by atoms with Gasteiger partial charge in [0.05, 0.1) is 13.7 Å². The summed E-state index contributed by atoms with van der Waals surface area (Å²) in [7, 11) is 1.70. The number of rotatable bonds is 8. The van der Waals surface area contributed by atoms with E-state index in [1.54, 1.807) is 14.0 Å². The van der Waals surface area contributed by atoms with Crippen molar-refractivity contribution < 1.29 is 9.84 Å². The first-order valence-corrected chi connectivity index (χ1v) is 10.7. The maximum Gasteiger partial charge on any atom is 0.191 e. The second-order valence-corrected chi connectivity index (χ2v) is 8.02. The molecule has 31 heavy (non-hydrogen) atoms. The van der Waals surface area contributed by atoms with E-state index in [0.29, 0.717) is 12.5 Å². The van der Waals surface area contributed by atoms with Crippen LogP contribution in [0.15, 0.2) is 59.6 Å². The molecule has 0 saturated carbocycles. The number of guanidine groups is 1. The van der Waals surface area contributed by atoms with Gasteiger partial charge in [-0.3, -0.25) is 0 Å². The topological polar surface area (TPSA) is 69.1 Å². The first kappa shape index (κ1) is 25.3. The molecule has 3 N–H and O–H groups in total. The molecular weight excluding hydrogens is 503 g/mol. The zero-order chi connectivity index (χ0) is 21.4. The normalized spacial score (nSPS) is 18.1. The number of nitrogens with one attached hydrogen (secondary N) is 2. The maximum atomic E-state index is 10.8. The molecule has 0 bridgehead atoms. The number of anilines is 1. The van der Waals surface area contributed by atoms with Gasteiger partial charge in [0.25, 0.3) is 0 Å². The van der Waals surface area contributed by atoms with E-state index in [0.717, 1.165) is 49.9 Å². The summed E-state index contributed by atoms with van der Waals surface area (Å²) < 4.78 is 5.35. The number of ether oxygens (including phenoxy) is 1. The van der Waals surface area contributed by atoms with Crippen LogP contribution in [0.4, 0.5) is 5.69 Å². The van der Waals surface area contributed by atoms with Gasteiger partial charge in [0.1, 0.15) is 11.4 Å². The summed E-state index contributed by atoms with van der Waals surface area (Å²) in [6.45, 7) is 7.81. The zero-order valence-electron chi connectivity index (χ0n) is 18.7. The third-order valence-corrected chi connectivity index (χ3v) is 5.55. The predicted octanol–water partition coefficient (Wildman–Crippen LogP) is 3.60. The maximum absolute atomic E-state index is 10.8. The molecular formula is C24H35IN4O2. The quantitative estimate of drug-likeness (QED) is 0.272. The van der Waals surface area contributed by atoms with Gasteiger partial charge in [0.2, 0.25) is 0 Å². The smallest absolute Gasteiger partial charge is 0.191 e. The lowest BCUT2D eigenvalue weighted by Crippen LogP contribution is -2.41. The minimum Gasteiger partial charge on any atom is -0.497 e. The van der Waals surface area contributed by atoms with Gasteiger partial charge in [0.15, 0.2) is 5.96 Å². The molecule has 0 aliphatic carbocycles. The lowest BCUT2D eigenvalue weighted by Gasteiger charge is -2.23. The van der Waals surface area contributed by atoms with Gasteiger partial charge in [0, 0.05) is 37.9 Å². The third kappa shape index (κ3) is 7.28. The lowest BCUT2D eigenvalue weighted by molar-refractivity contribution is 0.0672. The van der Waals surface area contributed by atoms with Crippen LogP contribution >= 0.6 is 24.0 Å². The van der Waals surface area contributed by atoms with E-state index in [4.69, 9.17) is 4.74 Å². The van der Waals surface area contributed by atoms with Crippen LogP contribution in [0.5, 0.6) is 5.75 Å². The molecule has 2 unspecified atom stereocenters. The molecule has 2 atom stereocenters. The number of halogens is 1. The fraction of sp³-hybridized carbons (Fsp3) is 0.458. The number of aliphatic hydroxyl groups is 1. The van der Waals surface area contributed by atoms with Crippen molar-refractivity contribution in [3.8, 4) is 5.75 Å². The minimum atomic E-state index is -1.000. The van der Waals surface area contributed by atoms with Crippen molar-refractivity contribution >= 4 is 35.6 Å². The van der Waals surface area contributed by atoms with Gasteiger partial charge >= 0.3 is 0 Å². The van der Waals surface area contributed by atoms with Gasteiger partial charge in [-0.05, 0) is 43.9 Å². The van der Waals surface area contributed by atoms with Crippen molar-refractivity contribution in [1.29, 1.82) is 0 Å². The molecule has 0 radical (unpaired) electrons. The molecule has 170 valence electrons. The Morgan fingerprint density at radius 1 is 1.19 bits per heavy atom. The lowest BCUT2D eigenvalue weighted by atomic mass is 9.96. The monoisotopic (exact) mass is 538 g/mol. The zero-order valence-corrected chi connectivity index (χ0v) is 21.0. The Balaban J connectivity index is 0.00000341. The fourth-order valence-electron chi connectivity index (χ4n) is 3.75. The largest absolute Gasteiger partial charge is 0.497 e. The summed E-state index contributed by atoms with van der Waals surface area (Å²) in [5, 5.41) is 17.6. The van der Waals surface area contributed by atoms with Crippen molar-refractivity contribution in [2.24, 2.45) is 10.9 Å². The van der Waals surface area contributed by atoms with Crippen molar-refractivity contribution in [2.45, 2.75) is 25.9 Å². The molecule has 1 saturated heterocycles. The summed E-state index contributed by atoms with van der Waals surface area (Å²) >= 11 is 0. The van der Waals surface area contributed by atoms with Crippen LogP contribution in [-0.4, -0.2) is 50.9 Å². The van der Waals surface area contributed by atoms with E-state index < -0.39 is 5.60 Å². The summed E-state index contributed by atoms with van der Waals surface area (Å²) in [6, 6.07) is 17.9. The molecule has 3 rings (SSSR count). The number of methoxy groups -OCH3 is 1. The Hall–Kier alpha value is -2.00. The minimum absolute atomic E-state index is 0. The first-order chi connectivity index (χ1) is 14.5. The van der Waals surface area contributed by atoms with Crippen LogP contribution in [0.25, 0.3) is 0 Å². The van der Waals surface area contributed by atoms with Gasteiger partial charge in [-0.25, -0.2) is 4.99 Å².